The molecule has 0 spiro atoms. The molecule has 2 aromatic carbocycles. The summed E-state index contributed by atoms with van der Waals surface area (Å²) in [6.07, 6.45) is -1.08. The van der Waals surface area contributed by atoms with Crippen molar-refractivity contribution in [3.8, 4) is 11.5 Å². The van der Waals surface area contributed by atoms with E-state index in [1.54, 1.807) is 58.5 Å². The summed E-state index contributed by atoms with van der Waals surface area (Å²) in [5.74, 6) is 1.63. The van der Waals surface area contributed by atoms with E-state index in [0.29, 0.717) is 13.2 Å². The molecule has 2 saturated heterocycles. The minimum Gasteiger partial charge on any atom is -0.497 e. The van der Waals surface area contributed by atoms with Gasteiger partial charge in [0.2, 0.25) is 0 Å². The Morgan fingerprint density at radius 3 is 1.55 bits per heavy atom. The lowest BCUT2D eigenvalue weighted by atomic mass is 9.82. The number of fused-ring (bicyclic) bond motifs is 2. The summed E-state index contributed by atoms with van der Waals surface area (Å²) in [5.41, 5.74) is 0.860. The molecule has 1 N–H and O–H groups in total. The molecular formula is C39H56N4O8S2. The molecule has 4 aliphatic rings. The van der Waals surface area contributed by atoms with Gasteiger partial charge in [0.05, 0.1) is 51.3 Å². The topological polar surface area (TPSA) is 124 Å². The van der Waals surface area contributed by atoms with Gasteiger partial charge in [-0.25, -0.2) is 0 Å². The molecule has 53 heavy (non-hydrogen) atoms. The van der Waals surface area contributed by atoms with Crippen molar-refractivity contribution in [3.63, 3.8) is 0 Å². The standard InChI is InChI=1S/C20H30N2O4S.C19H26N2O4S/c1-12-16(25-11-13-7-9-14(24-6)10-8-13)15-18(26-17(12)20(2,3)23)27-19(21-15)22(4)5;1-11-16(12(2)22)25-18-15(20-19(26-18)21(3)4)17(11)24-10-13-6-8-14(23-5)9-7-13/h7-10,12,15-18,23H,11H2,1-6H3;6-9,11,15-18H,10H2,1-5H3/t12-,15+,16-,17-,18+;11-,15-,16+,17+,18-/m01/s1. The summed E-state index contributed by atoms with van der Waals surface area (Å²) in [6, 6.07) is 15.5. The number of ketones is 1. The Morgan fingerprint density at radius 1 is 0.755 bits per heavy atom. The number of carbonyl (C=O) groups is 1. The van der Waals surface area contributed by atoms with Crippen LogP contribution in [-0.4, -0.2) is 126 Å². The highest BCUT2D eigenvalue weighted by molar-refractivity contribution is 8.14. The molecule has 2 fully saturated rings. The second kappa shape index (κ2) is 17.7. The molecule has 0 radical (unpaired) electrons. The number of Topliss-reactive ketones (excluding diaryl/α,β-unsaturated/α-hetero) is 1. The molecule has 0 saturated carbocycles. The Labute approximate surface area is 323 Å². The lowest BCUT2D eigenvalue weighted by molar-refractivity contribution is -0.192. The number of nitrogens with zero attached hydrogens (tertiary/aromatic N) is 4. The quantitative estimate of drug-likeness (QED) is 0.337. The van der Waals surface area contributed by atoms with Gasteiger partial charge in [0, 0.05) is 40.0 Å². The van der Waals surface area contributed by atoms with E-state index in [9.17, 15) is 9.90 Å². The van der Waals surface area contributed by atoms with Gasteiger partial charge in [0.25, 0.3) is 0 Å². The number of hydrogen-bond acceptors (Lipinski definition) is 14. The number of ether oxygens (including phenoxy) is 6. The number of hydrogen-bond donors (Lipinski definition) is 1. The highest BCUT2D eigenvalue weighted by atomic mass is 32.2. The first kappa shape index (κ1) is 41.3. The van der Waals surface area contributed by atoms with Crippen LogP contribution >= 0.6 is 23.5 Å². The van der Waals surface area contributed by atoms with Crippen molar-refractivity contribution < 1.29 is 38.3 Å². The fourth-order valence-corrected chi connectivity index (χ4v) is 9.27. The third-order valence-electron chi connectivity index (χ3n) is 9.81. The van der Waals surface area contributed by atoms with Gasteiger partial charge in [-0.1, -0.05) is 61.6 Å². The number of aliphatic hydroxyl groups is 1. The summed E-state index contributed by atoms with van der Waals surface area (Å²) < 4.78 is 35.3. The van der Waals surface area contributed by atoms with Gasteiger partial charge in [-0.2, -0.15) is 0 Å². The van der Waals surface area contributed by atoms with Crippen molar-refractivity contribution in [1.29, 1.82) is 0 Å². The van der Waals surface area contributed by atoms with E-state index in [0.717, 1.165) is 33.0 Å². The zero-order chi connectivity index (χ0) is 38.6. The smallest absolute Gasteiger partial charge is 0.161 e. The molecule has 292 valence electrons. The first-order valence-corrected chi connectivity index (χ1v) is 19.7. The molecule has 0 amide bonds. The van der Waals surface area contributed by atoms with E-state index in [-0.39, 0.29) is 58.9 Å². The Bertz CT molecular complexity index is 1580. The minimum atomic E-state index is -0.951. The number of benzene rings is 2. The van der Waals surface area contributed by atoms with Gasteiger partial charge >= 0.3 is 0 Å². The van der Waals surface area contributed by atoms with E-state index >= 15 is 0 Å². The maximum absolute atomic E-state index is 12.1. The Balaban J connectivity index is 0.000000204. The predicted octanol–water partition coefficient (Wildman–Crippen LogP) is 5.31. The first-order chi connectivity index (χ1) is 25.1. The van der Waals surface area contributed by atoms with Crippen molar-refractivity contribution in [3.05, 3.63) is 59.7 Å². The van der Waals surface area contributed by atoms with Crippen LogP contribution in [0.15, 0.2) is 58.5 Å². The normalized spacial score (nSPS) is 30.6. The average molecular weight is 773 g/mol. The van der Waals surface area contributed by atoms with Crippen molar-refractivity contribution in [2.24, 2.45) is 21.8 Å². The predicted molar refractivity (Wildman–Crippen MR) is 211 cm³/mol. The van der Waals surface area contributed by atoms with Crippen LogP contribution in [0.1, 0.15) is 45.7 Å². The number of methoxy groups -OCH3 is 2. The zero-order valence-corrected chi connectivity index (χ0v) is 34.3. The zero-order valence-electron chi connectivity index (χ0n) is 32.7. The number of aliphatic imine (C=N–C) groups is 2. The lowest BCUT2D eigenvalue weighted by Gasteiger charge is -2.45. The summed E-state index contributed by atoms with van der Waals surface area (Å²) in [7, 11) is 11.2. The van der Waals surface area contributed by atoms with Gasteiger partial charge < -0.3 is 43.3 Å². The maximum atomic E-state index is 12.1. The van der Waals surface area contributed by atoms with Gasteiger partial charge in [-0.05, 0) is 56.2 Å². The van der Waals surface area contributed by atoms with Gasteiger partial charge in [0.1, 0.15) is 40.6 Å². The van der Waals surface area contributed by atoms with Crippen LogP contribution in [0.5, 0.6) is 11.5 Å². The highest BCUT2D eigenvalue weighted by Gasteiger charge is 2.52. The van der Waals surface area contributed by atoms with Crippen molar-refractivity contribution in [2.75, 3.05) is 42.4 Å². The molecule has 14 heteroatoms. The third-order valence-corrected chi connectivity index (χ3v) is 12.4. The van der Waals surface area contributed by atoms with Crippen LogP contribution in [0.2, 0.25) is 0 Å². The van der Waals surface area contributed by atoms with E-state index in [2.05, 4.69) is 6.92 Å². The molecule has 0 aromatic heterocycles. The second-order valence-electron chi connectivity index (χ2n) is 14.9. The minimum absolute atomic E-state index is 0.00959. The van der Waals surface area contributed by atoms with E-state index in [4.69, 9.17) is 38.4 Å². The van der Waals surface area contributed by atoms with Crippen LogP contribution in [0.4, 0.5) is 0 Å². The number of carbonyl (C=O) groups excluding carboxylic acids is 1. The molecule has 0 bridgehead atoms. The first-order valence-electron chi connectivity index (χ1n) is 18.0. The van der Waals surface area contributed by atoms with E-state index in [1.165, 1.54) is 0 Å². The average Bonchev–Trinajstić information content (AvgIpc) is 3.76. The molecule has 6 rings (SSSR count). The van der Waals surface area contributed by atoms with Crippen molar-refractivity contribution in [2.45, 2.75) is 101 Å². The summed E-state index contributed by atoms with van der Waals surface area (Å²) in [6.45, 7) is 10.2. The van der Waals surface area contributed by atoms with Crippen LogP contribution in [0.25, 0.3) is 0 Å². The van der Waals surface area contributed by atoms with E-state index < -0.39 is 11.7 Å². The number of amidine groups is 2. The lowest BCUT2D eigenvalue weighted by Crippen LogP contribution is -2.57. The SMILES string of the molecule is COc1ccc(CO[C@H]2[C@H](C)[C@@H](C(C)(C)O)O[C@@H]3SC(N(C)C)=N[C@H]23)cc1.COc1ccc(CO[C@H]2[C@H](C)[C@@H](C(C)=O)O[C@@H]3SC(N(C)C)=N[C@H]23)cc1. The highest BCUT2D eigenvalue weighted by Crippen LogP contribution is 2.44. The maximum Gasteiger partial charge on any atom is 0.161 e. The Morgan fingerprint density at radius 2 is 1.17 bits per heavy atom. The molecule has 10 atom stereocenters. The van der Waals surface area contributed by atoms with Crippen molar-refractivity contribution >= 4 is 39.6 Å². The third kappa shape index (κ3) is 9.88. The Kier molecular flexibility index (Phi) is 13.8. The van der Waals surface area contributed by atoms with Crippen molar-refractivity contribution in [1.82, 2.24) is 9.80 Å². The summed E-state index contributed by atoms with van der Waals surface area (Å²) in [5, 5.41) is 12.5. The van der Waals surface area contributed by atoms with Crippen LogP contribution in [0.3, 0.4) is 0 Å². The van der Waals surface area contributed by atoms with Gasteiger partial charge in [-0.15, -0.1) is 0 Å². The molecule has 12 nitrogen and oxygen atoms in total. The molecule has 4 aliphatic heterocycles. The fourth-order valence-electron chi connectivity index (χ4n) is 7.01. The molecule has 0 aliphatic carbocycles. The number of thioether (sulfide) groups is 2. The van der Waals surface area contributed by atoms with E-state index in [1.807, 2.05) is 93.4 Å². The number of rotatable bonds is 10. The van der Waals surface area contributed by atoms with Gasteiger partial charge in [0.15, 0.2) is 16.1 Å². The molecule has 0 unspecified atom stereocenters. The Hall–Kier alpha value is -2.85. The fraction of sp³-hybridized carbons (Fsp3) is 0.615. The monoisotopic (exact) mass is 772 g/mol. The largest absolute Gasteiger partial charge is 0.497 e. The van der Waals surface area contributed by atoms with Crippen LogP contribution in [-0.2, 0) is 37.0 Å². The molecule has 2 aromatic rings. The van der Waals surface area contributed by atoms with Crippen LogP contribution in [0, 0.1) is 11.8 Å². The second-order valence-corrected chi connectivity index (χ2v) is 17.0. The van der Waals surface area contributed by atoms with Gasteiger partial charge in [-0.3, -0.25) is 14.8 Å². The summed E-state index contributed by atoms with van der Waals surface area (Å²) in [4.78, 5) is 25.7. The molecule has 4 heterocycles. The molecular weight excluding hydrogens is 717 g/mol. The van der Waals surface area contributed by atoms with Crippen LogP contribution < -0.4 is 9.47 Å². The summed E-state index contributed by atoms with van der Waals surface area (Å²) >= 11 is 3.16.